The molecule has 0 saturated heterocycles. The second kappa shape index (κ2) is 10.1. The first kappa shape index (κ1) is 21.7. The highest BCUT2D eigenvalue weighted by atomic mass is 32.2. The second-order valence-electron chi connectivity index (χ2n) is 6.47. The summed E-state index contributed by atoms with van der Waals surface area (Å²) >= 11 is 0. The van der Waals surface area contributed by atoms with E-state index >= 15 is 0 Å². The minimum absolute atomic E-state index is 0.143. The van der Waals surface area contributed by atoms with E-state index < -0.39 is 10.0 Å². The number of methoxy groups -OCH3 is 1. The number of sulfonamides is 1. The highest BCUT2D eigenvalue weighted by Gasteiger charge is 2.21. The molecule has 2 aromatic rings. The van der Waals surface area contributed by atoms with E-state index in [-0.39, 0.29) is 31.6 Å². The maximum Gasteiger partial charge on any atom is 0.235 e. The summed E-state index contributed by atoms with van der Waals surface area (Å²) in [5.74, 6) is 1.00. The first-order chi connectivity index (χ1) is 13.3. The Morgan fingerprint density at radius 1 is 1.07 bits per heavy atom. The molecule has 2 rings (SSSR count). The molecule has 28 heavy (non-hydrogen) atoms. The topological polar surface area (TPSA) is 84.9 Å². The number of benzene rings is 2. The number of hydrogen-bond acceptors (Lipinski definition) is 5. The van der Waals surface area contributed by atoms with Crippen molar-refractivity contribution >= 4 is 15.9 Å². The van der Waals surface area contributed by atoms with Crippen LogP contribution >= 0.6 is 0 Å². The molecule has 0 heterocycles. The SMILES string of the molecule is COc1ccc(OC[C@@H](C)NC(=O)CN(Cc2ccccc2)S(C)(=O)=O)cc1. The fourth-order valence-corrected chi connectivity index (χ4v) is 3.23. The summed E-state index contributed by atoms with van der Waals surface area (Å²) in [7, 11) is -1.94. The Labute approximate surface area is 166 Å². The van der Waals surface area contributed by atoms with Crippen molar-refractivity contribution in [2.24, 2.45) is 0 Å². The van der Waals surface area contributed by atoms with Crippen LogP contribution in [-0.2, 0) is 21.4 Å². The van der Waals surface area contributed by atoms with Gasteiger partial charge in [0.05, 0.1) is 26.0 Å². The molecular formula is C20H26N2O5S. The van der Waals surface area contributed by atoms with Gasteiger partial charge in [0.1, 0.15) is 18.1 Å². The molecule has 0 unspecified atom stereocenters. The van der Waals surface area contributed by atoms with Crippen LogP contribution in [-0.4, -0.2) is 51.2 Å². The van der Waals surface area contributed by atoms with E-state index in [0.717, 1.165) is 21.9 Å². The molecule has 2 aromatic carbocycles. The Kier molecular flexibility index (Phi) is 7.83. The van der Waals surface area contributed by atoms with Crippen molar-refractivity contribution in [3.63, 3.8) is 0 Å². The maximum atomic E-state index is 12.3. The van der Waals surface area contributed by atoms with Crippen LogP contribution in [0.25, 0.3) is 0 Å². The zero-order valence-electron chi connectivity index (χ0n) is 16.3. The van der Waals surface area contributed by atoms with Crippen LogP contribution in [0.5, 0.6) is 11.5 Å². The van der Waals surface area contributed by atoms with Gasteiger partial charge in [0.25, 0.3) is 0 Å². The Hall–Kier alpha value is -2.58. The molecule has 1 atom stereocenters. The van der Waals surface area contributed by atoms with E-state index in [2.05, 4.69) is 5.32 Å². The first-order valence-corrected chi connectivity index (χ1v) is 10.7. The van der Waals surface area contributed by atoms with Crippen molar-refractivity contribution in [2.45, 2.75) is 19.5 Å². The number of ether oxygens (including phenoxy) is 2. The molecule has 0 radical (unpaired) electrons. The van der Waals surface area contributed by atoms with Crippen molar-refractivity contribution in [3.8, 4) is 11.5 Å². The smallest absolute Gasteiger partial charge is 0.235 e. The lowest BCUT2D eigenvalue weighted by atomic mass is 10.2. The predicted molar refractivity (Wildman–Crippen MR) is 108 cm³/mol. The molecule has 0 saturated carbocycles. The van der Waals surface area contributed by atoms with Gasteiger partial charge in [-0.1, -0.05) is 30.3 Å². The van der Waals surface area contributed by atoms with E-state index in [1.165, 1.54) is 0 Å². The average molecular weight is 407 g/mol. The summed E-state index contributed by atoms with van der Waals surface area (Å²) in [6.07, 6.45) is 1.10. The standard InChI is InChI=1S/C20H26N2O5S/c1-16(15-27-19-11-9-18(26-2)10-12-19)21-20(23)14-22(28(3,24)25)13-17-7-5-4-6-8-17/h4-12,16H,13-15H2,1-3H3,(H,21,23)/t16-/m1/s1. The van der Waals surface area contributed by atoms with Gasteiger partial charge in [0, 0.05) is 6.54 Å². The zero-order valence-corrected chi connectivity index (χ0v) is 17.1. The lowest BCUT2D eigenvalue weighted by Crippen LogP contribution is -2.44. The van der Waals surface area contributed by atoms with E-state index in [0.29, 0.717) is 5.75 Å². The van der Waals surface area contributed by atoms with Crippen LogP contribution in [0, 0.1) is 0 Å². The van der Waals surface area contributed by atoms with Gasteiger partial charge < -0.3 is 14.8 Å². The van der Waals surface area contributed by atoms with Crippen LogP contribution in [0.15, 0.2) is 54.6 Å². The minimum atomic E-state index is -3.53. The molecule has 1 N–H and O–H groups in total. The van der Waals surface area contributed by atoms with Crippen molar-refractivity contribution in [1.82, 2.24) is 9.62 Å². The third-order valence-electron chi connectivity index (χ3n) is 3.96. The van der Waals surface area contributed by atoms with Gasteiger partial charge in [0.15, 0.2) is 0 Å². The Morgan fingerprint density at radius 3 is 2.25 bits per heavy atom. The van der Waals surface area contributed by atoms with Gasteiger partial charge in [-0.15, -0.1) is 0 Å². The molecule has 0 spiro atoms. The summed E-state index contributed by atoms with van der Waals surface area (Å²) in [6, 6.07) is 16.0. The van der Waals surface area contributed by atoms with E-state index in [1.807, 2.05) is 30.3 Å². The van der Waals surface area contributed by atoms with Crippen LogP contribution in [0.3, 0.4) is 0 Å². The maximum absolute atomic E-state index is 12.3. The van der Waals surface area contributed by atoms with E-state index in [1.54, 1.807) is 38.3 Å². The fraction of sp³-hybridized carbons (Fsp3) is 0.350. The fourth-order valence-electron chi connectivity index (χ4n) is 2.49. The number of carbonyl (C=O) groups is 1. The third kappa shape index (κ3) is 7.21. The third-order valence-corrected chi connectivity index (χ3v) is 5.15. The summed E-state index contributed by atoms with van der Waals surface area (Å²) in [4.78, 5) is 12.3. The number of nitrogens with zero attached hydrogens (tertiary/aromatic N) is 1. The first-order valence-electron chi connectivity index (χ1n) is 8.83. The van der Waals surface area contributed by atoms with Gasteiger partial charge in [0.2, 0.25) is 15.9 Å². The number of carbonyl (C=O) groups excluding carboxylic acids is 1. The molecule has 0 aliphatic carbocycles. The van der Waals surface area contributed by atoms with Crippen LogP contribution < -0.4 is 14.8 Å². The molecule has 0 aliphatic heterocycles. The zero-order chi connectivity index (χ0) is 20.6. The molecule has 152 valence electrons. The van der Waals surface area contributed by atoms with Crippen LogP contribution in [0.1, 0.15) is 12.5 Å². The van der Waals surface area contributed by atoms with Crippen molar-refractivity contribution in [2.75, 3.05) is 26.5 Å². The summed E-state index contributed by atoms with van der Waals surface area (Å²) < 4.78 is 35.9. The molecule has 0 aromatic heterocycles. The Morgan fingerprint density at radius 2 is 1.68 bits per heavy atom. The van der Waals surface area contributed by atoms with Crippen molar-refractivity contribution in [3.05, 3.63) is 60.2 Å². The minimum Gasteiger partial charge on any atom is -0.497 e. The van der Waals surface area contributed by atoms with E-state index in [9.17, 15) is 13.2 Å². The summed E-state index contributed by atoms with van der Waals surface area (Å²) in [6.45, 7) is 1.95. The lowest BCUT2D eigenvalue weighted by molar-refractivity contribution is -0.122. The average Bonchev–Trinajstić information content (AvgIpc) is 2.66. The van der Waals surface area contributed by atoms with Gasteiger partial charge >= 0.3 is 0 Å². The molecule has 0 fully saturated rings. The largest absolute Gasteiger partial charge is 0.497 e. The van der Waals surface area contributed by atoms with Crippen molar-refractivity contribution in [1.29, 1.82) is 0 Å². The van der Waals surface area contributed by atoms with Gasteiger partial charge in [-0.3, -0.25) is 4.79 Å². The highest BCUT2D eigenvalue weighted by Crippen LogP contribution is 2.17. The molecule has 7 nitrogen and oxygen atoms in total. The number of nitrogens with one attached hydrogen (secondary N) is 1. The summed E-state index contributed by atoms with van der Waals surface area (Å²) in [5.41, 5.74) is 0.816. The normalized spacial score (nSPS) is 12.4. The van der Waals surface area contributed by atoms with Crippen LogP contribution in [0.4, 0.5) is 0 Å². The van der Waals surface area contributed by atoms with Crippen LogP contribution in [0.2, 0.25) is 0 Å². The number of amides is 1. The monoisotopic (exact) mass is 406 g/mol. The quantitative estimate of drug-likeness (QED) is 0.653. The molecule has 8 heteroatoms. The van der Waals surface area contributed by atoms with E-state index in [4.69, 9.17) is 9.47 Å². The predicted octanol–water partition coefficient (Wildman–Crippen LogP) is 2.04. The van der Waals surface area contributed by atoms with Crippen molar-refractivity contribution < 1.29 is 22.7 Å². The highest BCUT2D eigenvalue weighted by molar-refractivity contribution is 7.88. The lowest BCUT2D eigenvalue weighted by Gasteiger charge is -2.21. The molecule has 0 aliphatic rings. The Balaban J connectivity index is 1.86. The Bertz CT molecular complexity index is 854. The molecule has 0 bridgehead atoms. The number of hydrogen-bond donors (Lipinski definition) is 1. The van der Waals surface area contributed by atoms with Gasteiger partial charge in [-0.05, 0) is 36.8 Å². The van der Waals surface area contributed by atoms with Gasteiger partial charge in [-0.25, -0.2) is 8.42 Å². The molecular weight excluding hydrogens is 380 g/mol. The second-order valence-corrected chi connectivity index (χ2v) is 8.45. The number of rotatable bonds is 10. The molecule has 1 amide bonds. The van der Waals surface area contributed by atoms with Gasteiger partial charge in [-0.2, -0.15) is 4.31 Å². The summed E-state index contributed by atoms with van der Waals surface area (Å²) in [5, 5.41) is 2.77.